The lowest BCUT2D eigenvalue weighted by Gasteiger charge is -2.20. The molecule has 0 aromatic carbocycles. The van der Waals surface area contributed by atoms with Crippen molar-refractivity contribution in [1.29, 1.82) is 0 Å². The van der Waals surface area contributed by atoms with Gasteiger partial charge in [-0.1, -0.05) is 20.3 Å². The average molecular weight is 297 g/mol. The molecule has 116 valence electrons. The number of hydrogen-bond acceptors (Lipinski definition) is 4. The van der Waals surface area contributed by atoms with Gasteiger partial charge in [-0.2, -0.15) is 0 Å². The Morgan fingerprint density at radius 1 is 1.43 bits per heavy atom. The molecule has 21 heavy (non-hydrogen) atoms. The van der Waals surface area contributed by atoms with Crippen LogP contribution in [-0.2, 0) is 16.1 Å². The standard InChI is InChI=1S/C13H19N3O5/c1-3-8(2)10(13(20)21)15-9(17)4-6-16-7-5-14-11(18)12(16)19/h5,7-8,10H,3-4,6H2,1-2H3,(H,14,18)(H,15,17)(H,20,21)/t8-,10-/m0/s1. The number of aliphatic carboxylic acids is 1. The van der Waals surface area contributed by atoms with Gasteiger partial charge in [-0.05, 0) is 5.92 Å². The number of carbonyl (C=O) groups is 2. The van der Waals surface area contributed by atoms with E-state index in [0.717, 1.165) is 4.57 Å². The van der Waals surface area contributed by atoms with Gasteiger partial charge in [0.1, 0.15) is 6.04 Å². The second-order valence-corrected chi connectivity index (χ2v) is 4.81. The highest BCUT2D eigenvalue weighted by atomic mass is 16.4. The molecule has 0 unspecified atom stereocenters. The van der Waals surface area contributed by atoms with Gasteiger partial charge in [-0.3, -0.25) is 14.4 Å². The van der Waals surface area contributed by atoms with Gasteiger partial charge < -0.3 is 20.0 Å². The molecule has 0 bridgehead atoms. The summed E-state index contributed by atoms with van der Waals surface area (Å²) in [6, 6.07) is -0.960. The van der Waals surface area contributed by atoms with Crippen LogP contribution in [0, 0.1) is 5.92 Å². The van der Waals surface area contributed by atoms with Crippen molar-refractivity contribution in [1.82, 2.24) is 14.9 Å². The van der Waals surface area contributed by atoms with Crippen LogP contribution in [-0.4, -0.2) is 32.6 Å². The lowest BCUT2D eigenvalue weighted by molar-refractivity contribution is -0.143. The van der Waals surface area contributed by atoms with Crippen molar-refractivity contribution in [3.63, 3.8) is 0 Å². The predicted octanol–water partition coefficient (Wildman–Crippen LogP) is -0.458. The second kappa shape index (κ2) is 7.41. The summed E-state index contributed by atoms with van der Waals surface area (Å²) < 4.78 is 1.11. The number of carboxylic acid groups (broad SMARTS) is 1. The van der Waals surface area contributed by atoms with Crippen molar-refractivity contribution in [2.75, 3.05) is 0 Å². The summed E-state index contributed by atoms with van der Waals surface area (Å²) in [5, 5.41) is 11.5. The summed E-state index contributed by atoms with van der Waals surface area (Å²) in [5.41, 5.74) is -1.51. The Bertz CT molecular complexity index is 619. The number of carboxylic acids is 1. The van der Waals surface area contributed by atoms with E-state index in [2.05, 4.69) is 10.3 Å². The van der Waals surface area contributed by atoms with Crippen LogP contribution in [0.1, 0.15) is 26.7 Å². The van der Waals surface area contributed by atoms with Gasteiger partial charge in [0, 0.05) is 25.4 Å². The number of aromatic amines is 1. The number of hydrogen-bond donors (Lipinski definition) is 3. The Morgan fingerprint density at radius 2 is 2.10 bits per heavy atom. The third-order valence-electron chi connectivity index (χ3n) is 3.30. The Labute approximate surface area is 120 Å². The van der Waals surface area contributed by atoms with Crippen LogP contribution in [0.15, 0.2) is 22.0 Å². The third-order valence-corrected chi connectivity index (χ3v) is 3.30. The molecule has 0 saturated heterocycles. The minimum atomic E-state index is -1.09. The van der Waals surface area contributed by atoms with E-state index in [4.69, 9.17) is 5.11 Å². The Kier molecular flexibility index (Phi) is 5.89. The maximum absolute atomic E-state index is 11.8. The molecule has 0 aliphatic rings. The lowest BCUT2D eigenvalue weighted by atomic mass is 9.99. The average Bonchev–Trinajstić information content (AvgIpc) is 2.45. The molecule has 0 aliphatic carbocycles. The molecule has 2 atom stereocenters. The molecule has 1 aromatic rings. The van der Waals surface area contributed by atoms with E-state index in [1.807, 2.05) is 6.92 Å². The molecule has 1 heterocycles. The molecule has 0 fully saturated rings. The Balaban J connectivity index is 2.65. The first-order valence-electron chi connectivity index (χ1n) is 6.67. The van der Waals surface area contributed by atoms with Crippen LogP contribution in [0.25, 0.3) is 0 Å². The SMILES string of the molecule is CC[C@H](C)[C@H](NC(=O)CCn1cc[nH]c(=O)c1=O)C(=O)O. The van der Waals surface area contributed by atoms with Gasteiger partial charge in [0.05, 0.1) is 0 Å². The minimum Gasteiger partial charge on any atom is -0.480 e. The monoisotopic (exact) mass is 297 g/mol. The predicted molar refractivity (Wildman–Crippen MR) is 75.0 cm³/mol. The van der Waals surface area contributed by atoms with Crippen LogP contribution < -0.4 is 16.4 Å². The molecule has 0 aliphatic heterocycles. The van der Waals surface area contributed by atoms with Gasteiger partial charge >= 0.3 is 17.1 Å². The van der Waals surface area contributed by atoms with Gasteiger partial charge in [0.25, 0.3) is 0 Å². The molecule has 1 aromatic heterocycles. The molecule has 0 saturated carbocycles. The zero-order chi connectivity index (χ0) is 16.0. The maximum atomic E-state index is 11.8. The van der Waals surface area contributed by atoms with Crippen molar-refractivity contribution >= 4 is 11.9 Å². The van der Waals surface area contributed by atoms with E-state index in [1.165, 1.54) is 12.4 Å². The fourth-order valence-electron chi connectivity index (χ4n) is 1.79. The summed E-state index contributed by atoms with van der Waals surface area (Å²) in [5.74, 6) is -1.77. The number of aryl methyl sites for hydroxylation is 1. The Hall–Kier alpha value is -2.38. The molecule has 0 radical (unpaired) electrons. The second-order valence-electron chi connectivity index (χ2n) is 4.81. The van der Waals surface area contributed by atoms with Gasteiger partial charge in [-0.15, -0.1) is 0 Å². The van der Waals surface area contributed by atoms with E-state index >= 15 is 0 Å². The van der Waals surface area contributed by atoms with E-state index in [0.29, 0.717) is 6.42 Å². The highest BCUT2D eigenvalue weighted by Gasteiger charge is 2.24. The largest absolute Gasteiger partial charge is 0.480 e. The summed E-state index contributed by atoms with van der Waals surface area (Å²) >= 11 is 0. The topological polar surface area (TPSA) is 121 Å². The fraction of sp³-hybridized carbons (Fsp3) is 0.538. The fourth-order valence-corrected chi connectivity index (χ4v) is 1.79. The highest BCUT2D eigenvalue weighted by Crippen LogP contribution is 2.08. The third kappa shape index (κ3) is 4.59. The van der Waals surface area contributed by atoms with E-state index in [1.54, 1.807) is 6.92 Å². The van der Waals surface area contributed by atoms with Crippen LogP contribution in [0.5, 0.6) is 0 Å². The van der Waals surface area contributed by atoms with Crippen molar-refractivity contribution in [3.05, 3.63) is 33.1 Å². The number of H-pyrrole nitrogens is 1. The van der Waals surface area contributed by atoms with Crippen LogP contribution in [0.4, 0.5) is 0 Å². The number of rotatable bonds is 7. The summed E-state index contributed by atoms with van der Waals surface area (Å²) in [7, 11) is 0. The zero-order valence-corrected chi connectivity index (χ0v) is 12.0. The van der Waals surface area contributed by atoms with Gasteiger partial charge in [-0.25, -0.2) is 4.79 Å². The lowest BCUT2D eigenvalue weighted by Crippen LogP contribution is -2.45. The molecular formula is C13H19N3O5. The van der Waals surface area contributed by atoms with Crippen LogP contribution >= 0.6 is 0 Å². The summed E-state index contributed by atoms with van der Waals surface area (Å²) in [6.07, 6.45) is 3.20. The molecule has 8 heteroatoms. The molecule has 0 spiro atoms. The summed E-state index contributed by atoms with van der Waals surface area (Å²) in [6.45, 7) is 3.59. The first-order valence-corrected chi connectivity index (χ1v) is 6.67. The Morgan fingerprint density at radius 3 is 2.67 bits per heavy atom. The number of nitrogens with zero attached hydrogens (tertiary/aromatic N) is 1. The van der Waals surface area contributed by atoms with Crippen molar-refractivity contribution in [2.45, 2.75) is 39.3 Å². The number of carbonyl (C=O) groups excluding carboxylic acids is 1. The van der Waals surface area contributed by atoms with Gasteiger partial charge in [0.2, 0.25) is 5.91 Å². The van der Waals surface area contributed by atoms with E-state index in [9.17, 15) is 19.2 Å². The van der Waals surface area contributed by atoms with Crippen LogP contribution in [0.2, 0.25) is 0 Å². The minimum absolute atomic E-state index is 0.0153. The first-order chi connectivity index (χ1) is 9.86. The number of nitrogens with one attached hydrogen (secondary N) is 2. The van der Waals surface area contributed by atoms with Gasteiger partial charge in [0.15, 0.2) is 0 Å². The molecule has 1 amide bonds. The first kappa shape index (κ1) is 16.7. The van der Waals surface area contributed by atoms with Crippen molar-refractivity contribution in [2.24, 2.45) is 5.92 Å². The normalized spacial score (nSPS) is 13.4. The zero-order valence-electron chi connectivity index (χ0n) is 12.0. The maximum Gasteiger partial charge on any atom is 0.326 e. The smallest absolute Gasteiger partial charge is 0.326 e. The van der Waals surface area contributed by atoms with Crippen LogP contribution in [0.3, 0.4) is 0 Å². The molecule has 3 N–H and O–H groups in total. The summed E-state index contributed by atoms with van der Waals surface area (Å²) in [4.78, 5) is 47.7. The number of aromatic nitrogens is 2. The van der Waals surface area contributed by atoms with E-state index < -0.39 is 29.0 Å². The van der Waals surface area contributed by atoms with Crippen molar-refractivity contribution in [3.8, 4) is 0 Å². The molecular weight excluding hydrogens is 278 g/mol. The number of amides is 1. The van der Waals surface area contributed by atoms with E-state index in [-0.39, 0.29) is 18.9 Å². The van der Waals surface area contributed by atoms with Crippen molar-refractivity contribution < 1.29 is 14.7 Å². The molecule has 8 nitrogen and oxygen atoms in total. The quantitative estimate of drug-likeness (QED) is 0.588. The highest BCUT2D eigenvalue weighted by molar-refractivity contribution is 5.83. The molecule has 1 rings (SSSR count).